The molecule has 0 bridgehead atoms. The maximum Gasteiger partial charge on any atom is 0.241 e. The number of benzene rings is 4. The molecule has 0 saturated heterocycles. The fraction of sp³-hybridized carbons (Fsp3) is 0.200. The van der Waals surface area contributed by atoms with Crippen LogP contribution in [0.3, 0.4) is 0 Å². The normalized spacial score (nSPS) is 13.3. The minimum Gasteiger partial charge on any atom is -0.308 e. The van der Waals surface area contributed by atoms with Crippen molar-refractivity contribution in [3.05, 3.63) is 138 Å². The molecule has 0 spiro atoms. The highest BCUT2D eigenvalue weighted by Crippen LogP contribution is 2.31. The van der Waals surface area contributed by atoms with Crippen molar-refractivity contribution < 1.29 is 8.42 Å². The summed E-state index contributed by atoms with van der Waals surface area (Å²) in [6.45, 7) is 2.70. The second kappa shape index (κ2) is 11.9. The molecule has 0 aliphatic heterocycles. The first-order chi connectivity index (χ1) is 17.0. The van der Waals surface area contributed by atoms with E-state index < -0.39 is 16.1 Å². The van der Waals surface area contributed by atoms with E-state index in [0.717, 1.165) is 36.1 Å². The zero-order chi connectivity index (χ0) is 24.5. The summed E-state index contributed by atoms with van der Waals surface area (Å²) in [5.41, 5.74) is 4.26. The quantitative estimate of drug-likeness (QED) is 0.258. The molecular formula is C30H32N2O2S. The minimum absolute atomic E-state index is 0.241. The van der Waals surface area contributed by atoms with Gasteiger partial charge in [-0.1, -0.05) is 109 Å². The molecule has 4 rings (SSSR count). The summed E-state index contributed by atoms with van der Waals surface area (Å²) in [6, 6.07) is 36.5. The van der Waals surface area contributed by atoms with Crippen LogP contribution in [0, 0.1) is 6.92 Å². The Kier molecular flexibility index (Phi) is 8.48. The molecule has 0 saturated carbocycles. The van der Waals surface area contributed by atoms with Crippen LogP contribution < -0.4 is 10.0 Å². The topological polar surface area (TPSA) is 58.2 Å². The largest absolute Gasteiger partial charge is 0.308 e. The van der Waals surface area contributed by atoms with Crippen LogP contribution in [-0.4, -0.2) is 15.0 Å². The van der Waals surface area contributed by atoms with E-state index in [1.54, 1.807) is 12.1 Å². The van der Waals surface area contributed by atoms with Crippen molar-refractivity contribution in [3.8, 4) is 0 Å². The van der Waals surface area contributed by atoms with Gasteiger partial charge in [-0.2, -0.15) is 0 Å². The van der Waals surface area contributed by atoms with Gasteiger partial charge in [0.1, 0.15) is 0 Å². The molecule has 4 aromatic rings. The van der Waals surface area contributed by atoms with Crippen LogP contribution in [0.25, 0.3) is 0 Å². The molecule has 0 aliphatic carbocycles. The predicted molar refractivity (Wildman–Crippen MR) is 143 cm³/mol. The van der Waals surface area contributed by atoms with Crippen molar-refractivity contribution in [1.82, 2.24) is 10.0 Å². The molecular weight excluding hydrogens is 452 g/mol. The highest BCUT2D eigenvalue weighted by molar-refractivity contribution is 7.89. The molecule has 35 heavy (non-hydrogen) atoms. The van der Waals surface area contributed by atoms with E-state index >= 15 is 0 Å². The smallest absolute Gasteiger partial charge is 0.241 e. The lowest BCUT2D eigenvalue weighted by Gasteiger charge is -2.30. The third-order valence-electron chi connectivity index (χ3n) is 6.11. The first-order valence-electron chi connectivity index (χ1n) is 12.0. The Hall–Kier alpha value is -3.25. The molecule has 0 radical (unpaired) electrons. The van der Waals surface area contributed by atoms with Crippen LogP contribution in [0.5, 0.6) is 0 Å². The van der Waals surface area contributed by atoms with E-state index in [1.165, 1.54) is 5.56 Å². The van der Waals surface area contributed by atoms with Crippen molar-refractivity contribution in [2.75, 3.05) is 6.54 Å². The van der Waals surface area contributed by atoms with Crippen LogP contribution in [0.15, 0.2) is 120 Å². The molecule has 4 nitrogen and oxygen atoms in total. The lowest BCUT2D eigenvalue weighted by molar-refractivity contribution is 0.420. The minimum atomic E-state index is -3.74. The molecule has 0 amide bonds. The second-order valence-electron chi connectivity index (χ2n) is 8.75. The Morgan fingerprint density at radius 3 is 1.74 bits per heavy atom. The summed E-state index contributed by atoms with van der Waals surface area (Å²) >= 11 is 0. The lowest BCUT2D eigenvalue weighted by atomic mass is 9.94. The van der Waals surface area contributed by atoms with Gasteiger partial charge in [0.05, 0.1) is 17.0 Å². The van der Waals surface area contributed by atoms with Crippen LogP contribution in [-0.2, 0) is 16.4 Å². The monoisotopic (exact) mass is 484 g/mol. The van der Waals surface area contributed by atoms with E-state index in [2.05, 4.69) is 34.3 Å². The van der Waals surface area contributed by atoms with E-state index in [0.29, 0.717) is 0 Å². The molecule has 0 aromatic heterocycles. The summed E-state index contributed by atoms with van der Waals surface area (Å²) in [5, 5.41) is 3.66. The fourth-order valence-electron chi connectivity index (χ4n) is 4.22. The van der Waals surface area contributed by atoms with Crippen LogP contribution in [0.1, 0.15) is 40.8 Å². The Labute approximate surface area is 209 Å². The molecule has 2 atom stereocenters. The third-order valence-corrected chi connectivity index (χ3v) is 7.57. The fourth-order valence-corrected chi connectivity index (χ4v) is 5.46. The van der Waals surface area contributed by atoms with Crippen molar-refractivity contribution in [3.63, 3.8) is 0 Å². The van der Waals surface area contributed by atoms with Crippen molar-refractivity contribution >= 4 is 10.0 Å². The maximum absolute atomic E-state index is 13.4. The van der Waals surface area contributed by atoms with Crippen molar-refractivity contribution in [1.29, 1.82) is 0 Å². The van der Waals surface area contributed by atoms with E-state index in [1.807, 2.05) is 85.8 Å². The summed E-state index contributed by atoms with van der Waals surface area (Å²) in [7, 11) is -3.74. The summed E-state index contributed by atoms with van der Waals surface area (Å²) in [5.74, 6) is 0. The van der Waals surface area contributed by atoms with Gasteiger partial charge in [0, 0.05) is 0 Å². The molecule has 5 heteroatoms. The summed E-state index contributed by atoms with van der Waals surface area (Å²) in [4.78, 5) is 0.264. The molecule has 1 unspecified atom stereocenters. The van der Waals surface area contributed by atoms with E-state index in [9.17, 15) is 8.42 Å². The zero-order valence-corrected chi connectivity index (χ0v) is 20.8. The van der Waals surface area contributed by atoms with Gasteiger partial charge < -0.3 is 5.32 Å². The predicted octanol–water partition coefficient (Wildman–Crippen LogP) is 5.98. The van der Waals surface area contributed by atoms with Gasteiger partial charge in [-0.15, -0.1) is 0 Å². The number of hydrogen-bond acceptors (Lipinski definition) is 3. The highest BCUT2D eigenvalue weighted by Gasteiger charge is 2.29. The number of aryl methyl sites for hydroxylation is 2. The molecule has 2 N–H and O–H groups in total. The van der Waals surface area contributed by atoms with Crippen molar-refractivity contribution in [2.45, 2.75) is 36.7 Å². The SMILES string of the molecule is Cc1ccc(S(=O)(=O)NC(c2ccccc2)[C@@H](NCCCc2ccccc2)c2ccccc2)cc1. The van der Waals surface area contributed by atoms with Gasteiger partial charge in [0.2, 0.25) is 10.0 Å². The molecule has 0 aliphatic rings. The highest BCUT2D eigenvalue weighted by atomic mass is 32.2. The van der Waals surface area contributed by atoms with E-state index in [4.69, 9.17) is 0 Å². The molecule has 0 heterocycles. The summed E-state index contributed by atoms with van der Waals surface area (Å²) in [6.07, 6.45) is 1.90. The number of hydrogen-bond donors (Lipinski definition) is 2. The van der Waals surface area contributed by atoms with Crippen LogP contribution in [0.2, 0.25) is 0 Å². The lowest BCUT2D eigenvalue weighted by Crippen LogP contribution is -2.39. The average Bonchev–Trinajstić information content (AvgIpc) is 2.89. The van der Waals surface area contributed by atoms with Gasteiger partial charge in [0.15, 0.2) is 0 Å². The third kappa shape index (κ3) is 6.89. The van der Waals surface area contributed by atoms with Crippen LogP contribution in [0.4, 0.5) is 0 Å². The van der Waals surface area contributed by atoms with Gasteiger partial charge in [-0.05, 0) is 55.1 Å². The first kappa shape index (κ1) is 24.9. The van der Waals surface area contributed by atoms with Gasteiger partial charge in [0.25, 0.3) is 0 Å². The number of rotatable bonds is 11. The standard InChI is InChI=1S/C30H32N2O2S/c1-24-19-21-28(22-20-24)35(33,34)32-30(27-17-9-4-10-18-27)29(26-15-7-3-8-16-26)31-23-11-14-25-12-5-2-6-13-25/h2-10,12-13,15-22,29-32H,11,14,23H2,1H3/t29-,30?/m0/s1. The molecule has 4 aromatic carbocycles. The Morgan fingerprint density at radius 2 is 1.17 bits per heavy atom. The second-order valence-corrected chi connectivity index (χ2v) is 10.5. The summed E-state index contributed by atoms with van der Waals surface area (Å²) < 4.78 is 29.9. The Balaban J connectivity index is 1.61. The zero-order valence-electron chi connectivity index (χ0n) is 20.0. The number of sulfonamides is 1. The molecule has 180 valence electrons. The Morgan fingerprint density at radius 1 is 0.657 bits per heavy atom. The average molecular weight is 485 g/mol. The van der Waals surface area contributed by atoms with Gasteiger partial charge in [-0.3, -0.25) is 0 Å². The maximum atomic E-state index is 13.4. The van der Waals surface area contributed by atoms with Gasteiger partial charge in [-0.25, -0.2) is 13.1 Å². The van der Waals surface area contributed by atoms with Crippen molar-refractivity contribution in [2.24, 2.45) is 0 Å². The molecule has 0 fully saturated rings. The van der Waals surface area contributed by atoms with Gasteiger partial charge >= 0.3 is 0 Å². The van der Waals surface area contributed by atoms with E-state index in [-0.39, 0.29) is 10.9 Å². The number of nitrogens with one attached hydrogen (secondary N) is 2. The Bertz CT molecular complexity index is 1280. The first-order valence-corrected chi connectivity index (χ1v) is 13.5. The van der Waals surface area contributed by atoms with Crippen LogP contribution >= 0.6 is 0 Å².